The lowest BCUT2D eigenvalue weighted by Crippen LogP contribution is -2.08. The van der Waals surface area contributed by atoms with Gasteiger partial charge in [-0.05, 0) is 24.6 Å². The van der Waals surface area contributed by atoms with Gasteiger partial charge in [0.25, 0.3) is 5.69 Å². The first-order valence-electron chi connectivity index (χ1n) is 6.98. The molecular weight excluding hydrogens is 340 g/mol. The van der Waals surface area contributed by atoms with Gasteiger partial charge in [-0.2, -0.15) is 8.78 Å². The first-order valence-corrected chi connectivity index (χ1v) is 6.98. The van der Waals surface area contributed by atoms with Gasteiger partial charge in [0.1, 0.15) is 11.5 Å². The summed E-state index contributed by atoms with van der Waals surface area (Å²) in [4.78, 5) is 21.1. The normalized spacial score (nSPS) is 10.6. The predicted molar refractivity (Wildman–Crippen MR) is 82.4 cm³/mol. The number of rotatable bonds is 6. The van der Waals surface area contributed by atoms with Crippen LogP contribution in [0.5, 0.6) is 11.5 Å². The van der Waals surface area contributed by atoms with Gasteiger partial charge in [0.2, 0.25) is 0 Å². The first kappa shape index (κ1) is 18.1. The van der Waals surface area contributed by atoms with Crippen molar-refractivity contribution >= 4 is 11.8 Å². The third-order valence-corrected chi connectivity index (χ3v) is 3.27. The van der Waals surface area contributed by atoms with E-state index in [4.69, 9.17) is 5.11 Å². The highest BCUT2D eigenvalue weighted by atomic mass is 19.3. The van der Waals surface area contributed by atoms with Crippen LogP contribution in [0.3, 0.4) is 0 Å². The molecule has 0 radical (unpaired) electrons. The molecule has 7 nitrogen and oxygen atoms in total. The van der Waals surface area contributed by atoms with Gasteiger partial charge in [-0.1, -0.05) is 17.7 Å². The Bertz CT molecular complexity index is 809. The maximum absolute atomic E-state index is 12.5. The van der Waals surface area contributed by atoms with E-state index in [1.165, 1.54) is 6.07 Å². The van der Waals surface area contributed by atoms with E-state index < -0.39 is 17.7 Å². The zero-order valence-electron chi connectivity index (χ0n) is 12.9. The molecule has 0 bridgehead atoms. The van der Waals surface area contributed by atoms with Crippen molar-refractivity contribution in [3.05, 3.63) is 63.2 Å². The van der Waals surface area contributed by atoms with E-state index in [-0.39, 0.29) is 29.2 Å². The molecule has 0 heterocycles. The zero-order chi connectivity index (χ0) is 18.6. The molecule has 0 aliphatic heterocycles. The summed E-state index contributed by atoms with van der Waals surface area (Å²) in [5.41, 5.74) is 0.942. The average Bonchev–Trinajstić information content (AvgIpc) is 2.50. The second kappa shape index (κ2) is 7.56. The molecule has 0 fully saturated rings. The van der Waals surface area contributed by atoms with Crippen molar-refractivity contribution in [3.8, 4) is 11.5 Å². The highest BCUT2D eigenvalue weighted by Crippen LogP contribution is 2.31. The molecule has 0 aliphatic carbocycles. The summed E-state index contributed by atoms with van der Waals surface area (Å²) in [5, 5.41) is 19.7. The average molecular weight is 353 g/mol. The number of aryl methyl sites for hydroxylation is 1. The summed E-state index contributed by atoms with van der Waals surface area (Å²) in [6.07, 6.45) is -1.68. The molecule has 0 aliphatic rings. The fraction of sp³-hybridized carbons (Fsp3) is 0.188. The summed E-state index contributed by atoms with van der Waals surface area (Å²) >= 11 is 0. The Balaban J connectivity index is 2.47. The van der Waals surface area contributed by atoms with Crippen LogP contribution in [0.25, 0.3) is 0 Å². The van der Waals surface area contributed by atoms with Crippen LogP contribution in [-0.4, -0.2) is 22.8 Å². The summed E-state index contributed by atoms with van der Waals surface area (Å²) in [7, 11) is 0. The predicted octanol–water partition coefficient (Wildman–Crippen LogP) is 4.15. The lowest BCUT2D eigenvalue weighted by molar-refractivity contribution is -0.384. The lowest BCUT2D eigenvalue weighted by Gasteiger charge is -2.13. The zero-order valence-corrected chi connectivity index (χ0v) is 12.9. The van der Waals surface area contributed by atoms with Crippen LogP contribution in [0.1, 0.15) is 16.7 Å². The molecule has 0 atom stereocenters. The van der Waals surface area contributed by atoms with Crippen molar-refractivity contribution < 1.29 is 33.1 Å². The number of hydrogen-bond donors (Lipinski definition) is 1. The van der Waals surface area contributed by atoms with Crippen LogP contribution in [0.15, 0.2) is 36.4 Å². The SMILES string of the molecule is Cc1ccc(OC(F)F)c(Cc2cc([N+](=O)[O-])ccc2OC(=O)O)c1. The number of halogens is 2. The minimum atomic E-state index is -3.04. The Kier molecular flexibility index (Phi) is 5.48. The van der Waals surface area contributed by atoms with Gasteiger partial charge in [-0.3, -0.25) is 10.1 Å². The van der Waals surface area contributed by atoms with E-state index in [0.29, 0.717) is 5.56 Å². The highest BCUT2D eigenvalue weighted by Gasteiger charge is 2.17. The molecule has 1 N–H and O–H groups in total. The van der Waals surface area contributed by atoms with Gasteiger partial charge in [0.15, 0.2) is 0 Å². The molecule has 0 spiro atoms. The largest absolute Gasteiger partial charge is 0.511 e. The van der Waals surface area contributed by atoms with E-state index in [9.17, 15) is 23.7 Å². The van der Waals surface area contributed by atoms with Gasteiger partial charge < -0.3 is 14.6 Å². The standard InChI is InChI=1S/C16H13F2NO6/c1-9-2-4-13(24-15(17)18)10(6-9)7-11-8-12(19(22)23)3-5-14(11)25-16(20)21/h2-6,8,15H,7H2,1H3,(H,20,21). The number of nitrogens with zero attached hydrogens (tertiary/aromatic N) is 1. The molecule has 0 aromatic heterocycles. The molecule has 9 heteroatoms. The van der Waals surface area contributed by atoms with Gasteiger partial charge in [0, 0.05) is 24.1 Å². The number of benzene rings is 2. The molecule has 0 saturated carbocycles. The Morgan fingerprint density at radius 3 is 2.44 bits per heavy atom. The minimum Gasteiger partial charge on any atom is -0.449 e. The molecule has 2 rings (SSSR count). The van der Waals surface area contributed by atoms with Crippen LogP contribution in [0.4, 0.5) is 19.3 Å². The van der Waals surface area contributed by atoms with Gasteiger partial charge in [0.05, 0.1) is 4.92 Å². The Labute approximate surface area is 140 Å². The minimum absolute atomic E-state index is 0.0893. The fourth-order valence-corrected chi connectivity index (χ4v) is 2.27. The quantitative estimate of drug-likeness (QED) is 0.362. The van der Waals surface area contributed by atoms with E-state index in [0.717, 1.165) is 23.8 Å². The number of hydrogen-bond acceptors (Lipinski definition) is 5. The van der Waals surface area contributed by atoms with Crippen LogP contribution in [0.2, 0.25) is 0 Å². The molecule has 25 heavy (non-hydrogen) atoms. The van der Waals surface area contributed by atoms with E-state index in [1.54, 1.807) is 19.1 Å². The summed E-state index contributed by atoms with van der Waals surface area (Å²) in [6.45, 7) is -1.31. The van der Waals surface area contributed by atoms with Crippen LogP contribution in [-0.2, 0) is 6.42 Å². The van der Waals surface area contributed by atoms with Crippen molar-refractivity contribution in [2.24, 2.45) is 0 Å². The van der Waals surface area contributed by atoms with Crippen molar-refractivity contribution in [2.45, 2.75) is 20.0 Å². The fourth-order valence-electron chi connectivity index (χ4n) is 2.27. The smallest absolute Gasteiger partial charge is 0.449 e. The van der Waals surface area contributed by atoms with Gasteiger partial charge in [-0.15, -0.1) is 0 Å². The van der Waals surface area contributed by atoms with Gasteiger partial charge >= 0.3 is 12.8 Å². The Hall–Kier alpha value is -3.23. The Morgan fingerprint density at radius 2 is 1.84 bits per heavy atom. The second-order valence-corrected chi connectivity index (χ2v) is 5.08. The first-order chi connectivity index (χ1) is 11.8. The number of nitro groups is 1. The van der Waals surface area contributed by atoms with Crippen molar-refractivity contribution in [2.75, 3.05) is 0 Å². The number of non-ortho nitro benzene ring substituents is 1. The summed E-state index contributed by atoms with van der Waals surface area (Å²) < 4.78 is 34.1. The van der Waals surface area contributed by atoms with Crippen molar-refractivity contribution in [1.82, 2.24) is 0 Å². The third-order valence-electron chi connectivity index (χ3n) is 3.27. The Morgan fingerprint density at radius 1 is 1.20 bits per heavy atom. The molecular formula is C16H13F2NO6. The monoisotopic (exact) mass is 353 g/mol. The molecule has 132 valence electrons. The highest BCUT2D eigenvalue weighted by molar-refractivity contribution is 5.63. The van der Waals surface area contributed by atoms with Crippen LogP contribution in [0, 0.1) is 17.0 Å². The van der Waals surface area contributed by atoms with Gasteiger partial charge in [-0.25, -0.2) is 4.79 Å². The molecule has 2 aromatic rings. The van der Waals surface area contributed by atoms with Crippen LogP contribution < -0.4 is 9.47 Å². The summed E-state index contributed by atoms with van der Waals surface area (Å²) in [5.74, 6) is -0.226. The number of ether oxygens (including phenoxy) is 2. The number of carboxylic acid groups (broad SMARTS) is 1. The van der Waals surface area contributed by atoms with Crippen molar-refractivity contribution in [1.29, 1.82) is 0 Å². The van der Waals surface area contributed by atoms with Crippen LogP contribution >= 0.6 is 0 Å². The molecule has 0 amide bonds. The van der Waals surface area contributed by atoms with E-state index >= 15 is 0 Å². The van der Waals surface area contributed by atoms with E-state index in [1.807, 2.05) is 0 Å². The second-order valence-electron chi connectivity index (χ2n) is 5.08. The molecule has 0 saturated heterocycles. The maximum atomic E-state index is 12.5. The number of nitro benzene ring substituents is 1. The lowest BCUT2D eigenvalue weighted by atomic mass is 10.0. The molecule has 0 unspecified atom stereocenters. The molecule has 2 aromatic carbocycles. The van der Waals surface area contributed by atoms with E-state index in [2.05, 4.69) is 9.47 Å². The number of alkyl halides is 2. The maximum Gasteiger partial charge on any atom is 0.511 e. The third kappa shape index (κ3) is 4.87. The summed E-state index contributed by atoms with van der Waals surface area (Å²) in [6, 6.07) is 7.86. The van der Waals surface area contributed by atoms with Crippen molar-refractivity contribution in [3.63, 3.8) is 0 Å². The topological polar surface area (TPSA) is 98.9 Å². The number of carbonyl (C=O) groups is 1.